The van der Waals surface area contributed by atoms with E-state index in [4.69, 9.17) is 0 Å². The highest BCUT2D eigenvalue weighted by Gasteiger charge is 2.50. The topological polar surface area (TPSA) is 92.3 Å². The molecule has 0 bridgehead atoms. The first-order valence-electron chi connectivity index (χ1n) is 5.66. The molecule has 0 aliphatic carbocycles. The maximum atomic E-state index is 12.3. The Morgan fingerprint density at radius 3 is 2.57 bits per heavy atom. The van der Waals surface area contributed by atoms with Crippen molar-refractivity contribution in [2.45, 2.75) is 24.9 Å². The van der Waals surface area contributed by atoms with E-state index in [0.29, 0.717) is 12.8 Å². The van der Waals surface area contributed by atoms with Gasteiger partial charge in [-0.1, -0.05) is 11.1 Å². The van der Waals surface area contributed by atoms with Gasteiger partial charge in [-0.05, 0) is 12.8 Å². The Morgan fingerprint density at radius 1 is 1.43 bits per heavy atom. The van der Waals surface area contributed by atoms with Crippen LogP contribution in [-0.4, -0.2) is 33.0 Å². The first-order valence-corrected chi connectivity index (χ1v) is 8.31. The second-order valence-electron chi connectivity index (χ2n) is 4.08. The first-order chi connectivity index (χ1) is 9.54. The number of halogens is 3. The van der Waals surface area contributed by atoms with Gasteiger partial charge in [-0.3, -0.25) is 4.21 Å². The van der Waals surface area contributed by atoms with Crippen LogP contribution in [0.2, 0.25) is 0 Å². The Labute approximate surface area is 121 Å². The van der Waals surface area contributed by atoms with Crippen LogP contribution in [-0.2, 0) is 34.8 Å². The zero-order valence-corrected chi connectivity index (χ0v) is 12.5. The molecule has 0 saturated heterocycles. The van der Waals surface area contributed by atoms with E-state index in [9.17, 15) is 30.4 Å². The Hall–Kier alpha value is -1.14. The minimum atomic E-state index is -5.75. The lowest BCUT2D eigenvalue weighted by Gasteiger charge is -2.08. The Kier molecular flexibility index (Phi) is 5.75. The van der Waals surface area contributed by atoms with Crippen LogP contribution in [0.25, 0.3) is 0 Å². The Bertz CT molecular complexity index is 611. The first kappa shape index (κ1) is 17.9. The smallest absolute Gasteiger partial charge is 0.534 e. The van der Waals surface area contributed by atoms with E-state index in [-0.39, 0.29) is 12.3 Å². The molecule has 21 heavy (non-hydrogen) atoms. The Morgan fingerprint density at radius 2 is 2.05 bits per heavy atom. The lowest BCUT2D eigenvalue weighted by Crippen LogP contribution is -2.36. The van der Waals surface area contributed by atoms with Crippen LogP contribution in [0.3, 0.4) is 0 Å². The van der Waals surface area contributed by atoms with Gasteiger partial charge in [0.15, 0.2) is 0 Å². The molecule has 1 aromatic heterocycles. The number of aryl methyl sites for hydroxylation is 2. The molecule has 1 aromatic rings. The molecule has 0 saturated carbocycles. The van der Waals surface area contributed by atoms with Gasteiger partial charge in [-0.15, -0.1) is 0 Å². The average Bonchev–Trinajstić information content (AvgIpc) is 2.65. The SMILES string of the molecule is C[n+]1ccn(CCCCS(=O)[O-])c1OS(=O)(=O)C(F)(F)F. The summed E-state index contributed by atoms with van der Waals surface area (Å²) in [6.07, 6.45) is 3.30. The molecular formula is C9H13F3N2O5S2. The molecule has 0 spiro atoms. The van der Waals surface area contributed by atoms with Crippen molar-refractivity contribution in [1.82, 2.24) is 4.57 Å². The third-order valence-corrected chi connectivity index (χ3v) is 4.00. The van der Waals surface area contributed by atoms with Gasteiger partial charge < -0.3 is 8.74 Å². The summed E-state index contributed by atoms with van der Waals surface area (Å²) in [4.78, 5) is 0. The van der Waals surface area contributed by atoms with Gasteiger partial charge in [0, 0.05) is 5.75 Å². The number of hydrogen-bond donors (Lipinski definition) is 0. The number of aromatic nitrogens is 2. The molecule has 122 valence electrons. The summed E-state index contributed by atoms with van der Waals surface area (Å²) >= 11 is -2.19. The molecule has 1 heterocycles. The highest BCUT2D eigenvalue weighted by atomic mass is 32.2. The van der Waals surface area contributed by atoms with Gasteiger partial charge in [0.05, 0.1) is 13.6 Å². The highest BCUT2D eigenvalue weighted by Crippen LogP contribution is 2.25. The fourth-order valence-electron chi connectivity index (χ4n) is 1.43. The zero-order chi connectivity index (χ0) is 16.3. The van der Waals surface area contributed by atoms with Gasteiger partial charge in [-0.2, -0.15) is 30.7 Å². The summed E-state index contributed by atoms with van der Waals surface area (Å²) in [7, 11) is -4.43. The summed E-state index contributed by atoms with van der Waals surface area (Å²) < 4.78 is 85.8. The van der Waals surface area contributed by atoms with E-state index < -0.39 is 32.7 Å². The lowest BCUT2D eigenvalue weighted by atomic mass is 10.3. The van der Waals surface area contributed by atoms with Crippen LogP contribution in [0, 0.1) is 0 Å². The normalized spacial score (nSPS) is 14.1. The largest absolute Gasteiger partial charge is 0.772 e. The zero-order valence-electron chi connectivity index (χ0n) is 10.9. The molecule has 0 aromatic carbocycles. The van der Waals surface area contributed by atoms with Crippen LogP contribution in [0.5, 0.6) is 6.01 Å². The number of alkyl halides is 3. The third-order valence-electron chi connectivity index (χ3n) is 2.45. The minimum absolute atomic E-state index is 0.0789. The van der Waals surface area contributed by atoms with E-state index in [1.807, 2.05) is 0 Å². The van der Waals surface area contributed by atoms with Crippen LogP contribution >= 0.6 is 0 Å². The van der Waals surface area contributed by atoms with Crippen LogP contribution in [0.1, 0.15) is 12.8 Å². The van der Waals surface area contributed by atoms with Crippen molar-refractivity contribution < 1.29 is 39.1 Å². The van der Waals surface area contributed by atoms with Crippen molar-refractivity contribution in [3.05, 3.63) is 12.4 Å². The van der Waals surface area contributed by atoms with Gasteiger partial charge in [0.1, 0.15) is 12.4 Å². The summed E-state index contributed by atoms with van der Waals surface area (Å²) in [5.41, 5.74) is -5.52. The summed E-state index contributed by atoms with van der Waals surface area (Å²) in [5.74, 6) is -0.0789. The van der Waals surface area contributed by atoms with Crippen molar-refractivity contribution in [3.8, 4) is 6.01 Å². The summed E-state index contributed by atoms with van der Waals surface area (Å²) in [6.45, 7) is 0.126. The van der Waals surface area contributed by atoms with Crippen LogP contribution < -0.4 is 8.75 Å². The highest BCUT2D eigenvalue weighted by molar-refractivity contribution is 7.87. The quantitative estimate of drug-likeness (QED) is 0.230. The molecule has 0 radical (unpaired) electrons. The van der Waals surface area contributed by atoms with E-state index in [1.165, 1.54) is 19.4 Å². The molecule has 12 heteroatoms. The summed E-state index contributed by atoms with van der Waals surface area (Å²) in [5, 5.41) is 0. The maximum Gasteiger partial charge on any atom is 0.534 e. The monoisotopic (exact) mass is 350 g/mol. The Balaban J connectivity index is 2.80. The molecular weight excluding hydrogens is 337 g/mol. The van der Waals surface area contributed by atoms with Crippen molar-refractivity contribution >= 4 is 21.2 Å². The second-order valence-corrected chi connectivity index (χ2v) is 6.64. The molecule has 0 amide bonds. The molecule has 0 N–H and O–H groups in total. The third kappa shape index (κ3) is 4.97. The number of imidazole rings is 1. The van der Waals surface area contributed by atoms with Crippen molar-refractivity contribution in [2.75, 3.05) is 5.75 Å². The molecule has 1 rings (SSSR count). The van der Waals surface area contributed by atoms with Gasteiger partial charge in [0.2, 0.25) is 0 Å². The fourth-order valence-corrected chi connectivity index (χ4v) is 2.38. The van der Waals surface area contributed by atoms with E-state index >= 15 is 0 Å². The number of nitrogens with zero attached hydrogens (tertiary/aromatic N) is 2. The number of unbranched alkanes of at least 4 members (excludes halogenated alkanes) is 1. The maximum absolute atomic E-state index is 12.3. The van der Waals surface area contributed by atoms with Gasteiger partial charge in [-0.25, -0.2) is 0 Å². The molecule has 1 unspecified atom stereocenters. The number of rotatable bonds is 7. The molecule has 0 aliphatic heterocycles. The van der Waals surface area contributed by atoms with Crippen molar-refractivity contribution in [2.24, 2.45) is 7.05 Å². The lowest BCUT2D eigenvalue weighted by molar-refractivity contribution is -0.674. The van der Waals surface area contributed by atoms with Gasteiger partial charge >= 0.3 is 21.6 Å². The van der Waals surface area contributed by atoms with Crippen LogP contribution in [0.4, 0.5) is 13.2 Å². The van der Waals surface area contributed by atoms with Crippen molar-refractivity contribution in [3.63, 3.8) is 0 Å². The molecule has 0 fully saturated rings. The van der Waals surface area contributed by atoms with E-state index in [2.05, 4.69) is 4.18 Å². The second kappa shape index (κ2) is 6.75. The van der Waals surface area contributed by atoms with Crippen LogP contribution in [0.15, 0.2) is 12.4 Å². The molecule has 0 aliphatic rings. The van der Waals surface area contributed by atoms with Gasteiger partial charge in [0.25, 0.3) is 0 Å². The average molecular weight is 350 g/mol. The van der Waals surface area contributed by atoms with Crippen molar-refractivity contribution in [1.29, 1.82) is 0 Å². The standard InChI is InChI=1S/C9H13F3N2O5S2/c1-13-5-6-14(4-2-3-7-20(15)16)8(13)19-21(17,18)9(10,11)12/h5-6H,2-4,7H2,1H3. The molecule has 1 atom stereocenters. The fraction of sp³-hybridized carbons (Fsp3) is 0.667. The van der Waals surface area contributed by atoms with E-state index in [0.717, 1.165) is 9.13 Å². The summed E-state index contributed by atoms with van der Waals surface area (Å²) in [6, 6.07) is -0.504. The van der Waals surface area contributed by atoms with E-state index in [1.54, 1.807) is 0 Å². The minimum Gasteiger partial charge on any atom is -0.772 e. The number of hydrogen-bond acceptors (Lipinski definition) is 5. The molecule has 7 nitrogen and oxygen atoms in total. The predicted octanol–water partition coefficient (Wildman–Crippen LogP) is 0.200. The predicted molar refractivity (Wildman–Crippen MR) is 64.2 cm³/mol.